The van der Waals surface area contributed by atoms with Crippen molar-refractivity contribution in [3.63, 3.8) is 0 Å². The number of anilines is 1. The van der Waals surface area contributed by atoms with Gasteiger partial charge in [-0.25, -0.2) is 13.1 Å². The number of rotatable bonds is 5. The Morgan fingerprint density at radius 1 is 1.15 bits per heavy atom. The van der Waals surface area contributed by atoms with Gasteiger partial charge in [0.25, 0.3) is 0 Å². The molecule has 4 nitrogen and oxygen atoms in total. The molecular formula is C14H16N2O2S2. The number of hydrogen-bond donors (Lipinski definition) is 2. The van der Waals surface area contributed by atoms with Gasteiger partial charge in [0, 0.05) is 16.3 Å². The lowest BCUT2D eigenvalue weighted by Gasteiger charge is -2.09. The van der Waals surface area contributed by atoms with Crippen molar-refractivity contribution in [3.05, 3.63) is 54.1 Å². The second kappa shape index (κ2) is 6.30. The lowest BCUT2D eigenvalue weighted by Crippen LogP contribution is -2.18. The fourth-order valence-corrected chi connectivity index (χ4v) is 3.45. The average molecular weight is 308 g/mol. The predicted molar refractivity (Wildman–Crippen MR) is 83.1 cm³/mol. The van der Waals surface area contributed by atoms with E-state index in [-0.39, 0.29) is 4.90 Å². The summed E-state index contributed by atoms with van der Waals surface area (Å²) in [5.41, 5.74) is 7.65. The van der Waals surface area contributed by atoms with Gasteiger partial charge >= 0.3 is 0 Å². The molecule has 2 rings (SSSR count). The quantitative estimate of drug-likeness (QED) is 0.657. The number of hydrogen-bond acceptors (Lipinski definition) is 4. The number of nitrogen functional groups attached to an aromatic ring is 1. The van der Waals surface area contributed by atoms with Gasteiger partial charge in [0.1, 0.15) is 0 Å². The van der Waals surface area contributed by atoms with Crippen LogP contribution >= 0.6 is 11.8 Å². The van der Waals surface area contributed by atoms with Crippen LogP contribution in [0.1, 0.15) is 5.56 Å². The summed E-state index contributed by atoms with van der Waals surface area (Å²) in [6, 6.07) is 14.7. The van der Waals surface area contributed by atoms with Crippen molar-refractivity contribution in [2.24, 2.45) is 0 Å². The van der Waals surface area contributed by atoms with Gasteiger partial charge in [0.15, 0.2) is 0 Å². The molecule has 0 aliphatic heterocycles. The van der Waals surface area contributed by atoms with Crippen molar-refractivity contribution in [1.29, 1.82) is 0 Å². The molecule has 0 radical (unpaired) electrons. The van der Waals surface area contributed by atoms with Gasteiger partial charge in [-0.3, -0.25) is 0 Å². The molecule has 0 heterocycles. The highest BCUT2D eigenvalue weighted by atomic mass is 32.2. The lowest BCUT2D eigenvalue weighted by atomic mass is 10.2. The van der Waals surface area contributed by atoms with Crippen LogP contribution in [-0.4, -0.2) is 15.5 Å². The van der Waals surface area contributed by atoms with Crippen molar-refractivity contribution < 1.29 is 8.42 Å². The number of nitrogens with two attached hydrogens (primary N) is 1. The second-order valence-electron chi connectivity index (χ2n) is 4.18. The molecule has 0 aliphatic rings. The SMILES string of the molecule is CNS(=O)(=O)c1ccc(N)c(SCc2ccccc2)c1. The van der Waals surface area contributed by atoms with Crippen LogP contribution in [0.2, 0.25) is 0 Å². The Labute approximate surface area is 123 Å². The maximum Gasteiger partial charge on any atom is 0.240 e. The minimum atomic E-state index is -3.44. The summed E-state index contributed by atoms with van der Waals surface area (Å²) in [5, 5.41) is 0. The van der Waals surface area contributed by atoms with Gasteiger partial charge in [-0.15, -0.1) is 11.8 Å². The van der Waals surface area contributed by atoms with E-state index < -0.39 is 10.0 Å². The van der Waals surface area contributed by atoms with Crippen LogP contribution in [0.15, 0.2) is 58.3 Å². The standard InChI is InChI=1S/C14H16N2O2S2/c1-16-20(17,18)12-7-8-13(15)14(9-12)19-10-11-5-3-2-4-6-11/h2-9,16H,10,15H2,1H3. The Hall–Kier alpha value is -1.50. The Balaban J connectivity index is 2.22. The van der Waals surface area contributed by atoms with Crippen molar-refractivity contribution in [2.75, 3.05) is 12.8 Å². The number of sulfonamides is 1. The van der Waals surface area contributed by atoms with Gasteiger partial charge in [0.2, 0.25) is 10.0 Å². The molecule has 0 saturated carbocycles. The third-order valence-corrected chi connectivity index (χ3v) is 5.36. The normalized spacial score (nSPS) is 11.4. The first kappa shape index (κ1) is 14.9. The molecule has 6 heteroatoms. The summed E-state index contributed by atoms with van der Waals surface area (Å²) < 4.78 is 25.9. The molecule has 2 aromatic carbocycles. The van der Waals surface area contributed by atoms with E-state index in [0.29, 0.717) is 5.69 Å². The molecule has 0 atom stereocenters. The largest absolute Gasteiger partial charge is 0.398 e. The highest BCUT2D eigenvalue weighted by molar-refractivity contribution is 7.98. The predicted octanol–water partition coefficient (Wildman–Crippen LogP) is 2.47. The summed E-state index contributed by atoms with van der Waals surface area (Å²) in [6.07, 6.45) is 0. The Bertz CT molecular complexity index is 686. The average Bonchev–Trinajstić information content (AvgIpc) is 2.47. The summed E-state index contributed by atoms with van der Waals surface area (Å²) in [4.78, 5) is 0.995. The Kier molecular flexibility index (Phi) is 4.69. The first-order valence-corrected chi connectivity index (χ1v) is 8.49. The summed E-state index contributed by atoms with van der Waals surface area (Å²) in [5.74, 6) is 0.744. The molecule has 0 spiro atoms. The van der Waals surface area contributed by atoms with Crippen molar-refractivity contribution in [3.8, 4) is 0 Å². The summed E-state index contributed by atoms with van der Waals surface area (Å²) in [6.45, 7) is 0. The van der Waals surface area contributed by atoms with Crippen LogP contribution < -0.4 is 10.5 Å². The summed E-state index contributed by atoms with van der Waals surface area (Å²) in [7, 11) is -2.05. The zero-order chi connectivity index (χ0) is 14.6. The van der Waals surface area contributed by atoms with Crippen LogP contribution in [0.4, 0.5) is 5.69 Å². The molecule has 0 aliphatic carbocycles. The first-order chi connectivity index (χ1) is 9.53. The third-order valence-electron chi connectivity index (χ3n) is 2.80. The Morgan fingerprint density at radius 3 is 2.50 bits per heavy atom. The van der Waals surface area contributed by atoms with Crippen molar-refractivity contribution >= 4 is 27.5 Å². The van der Waals surface area contributed by atoms with Gasteiger partial charge in [-0.1, -0.05) is 30.3 Å². The summed E-state index contributed by atoms with van der Waals surface area (Å²) >= 11 is 1.52. The zero-order valence-corrected chi connectivity index (χ0v) is 12.7. The maximum absolute atomic E-state index is 11.8. The van der Waals surface area contributed by atoms with E-state index in [1.807, 2.05) is 30.3 Å². The number of thioether (sulfide) groups is 1. The number of nitrogens with one attached hydrogen (secondary N) is 1. The van der Waals surface area contributed by atoms with E-state index in [1.165, 1.54) is 30.4 Å². The molecular weight excluding hydrogens is 292 g/mol. The smallest absolute Gasteiger partial charge is 0.240 e. The number of benzene rings is 2. The third kappa shape index (κ3) is 3.53. The molecule has 20 heavy (non-hydrogen) atoms. The van der Waals surface area contributed by atoms with Gasteiger partial charge < -0.3 is 5.73 Å². The topological polar surface area (TPSA) is 72.2 Å². The van der Waals surface area contributed by atoms with Crippen molar-refractivity contribution in [1.82, 2.24) is 4.72 Å². The fourth-order valence-electron chi connectivity index (χ4n) is 1.66. The molecule has 0 saturated heterocycles. The van der Waals surface area contributed by atoms with E-state index >= 15 is 0 Å². The van der Waals surface area contributed by atoms with E-state index in [0.717, 1.165) is 10.6 Å². The van der Waals surface area contributed by atoms with Crippen LogP contribution in [0.25, 0.3) is 0 Å². The molecule has 0 amide bonds. The lowest BCUT2D eigenvalue weighted by molar-refractivity contribution is 0.588. The molecule has 0 unspecified atom stereocenters. The molecule has 0 fully saturated rings. The van der Waals surface area contributed by atoms with E-state index in [2.05, 4.69) is 4.72 Å². The van der Waals surface area contributed by atoms with Gasteiger partial charge in [0.05, 0.1) is 4.90 Å². The van der Waals surface area contributed by atoms with E-state index in [1.54, 1.807) is 12.1 Å². The monoisotopic (exact) mass is 308 g/mol. The highest BCUT2D eigenvalue weighted by Crippen LogP contribution is 2.30. The molecule has 0 aromatic heterocycles. The van der Waals surface area contributed by atoms with E-state index in [4.69, 9.17) is 5.73 Å². The van der Waals surface area contributed by atoms with Crippen LogP contribution in [0.3, 0.4) is 0 Å². The molecule has 3 N–H and O–H groups in total. The minimum absolute atomic E-state index is 0.227. The Morgan fingerprint density at radius 2 is 1.85 bits per heavy atom. The van der Waals surface area contributed by atoms with E-state index in [9.17, 15) is 8.42 Å². The minimum Gasteiger partial charge on any atom is -0.398 e. The van der Waals surface area contributed by atoms with Crippen LogP contribution in [0.5, 0.6) is 0 Å². The van der Waals surface area contributed by atoms with Crippen LogP contribution in [0, 0.1) is 0 Å². The highest BCUT2D eigenvalue weighted by Gasteiger charge is 2.13. The zero-order valence-electron chi connectivity index (χ0n) is 11.0. The first-order valence-electron chi connectivity index (χ1n) is 6.03. The van der Waals surface area contributed by atoms with Gasteiger partial charge in [-0.05, 0) is 30.8 Å². The van der Waals surface area contributed by atoms with Crippen LogP contribution in [-0.2, 0) is 15.8 Å². The fraction of sp³-hybridized carbons (Fsp3) is 0.143. The second-order valence-corrected chi connectivity index (χ2v) is 7.09. The van der Waals surface area contributed by atoms with Gasteiger partial charge in [-0.2, -0.15) is 0 Å². The molecule has 0 bridgehead atoms. The molecule has 106 valence electrons. The van der Waals surface area contributed by atoms with Crippen molar-refractivity contribution in [2.45, 2.75) is 15.5 Å². The molecule has 2 aromatic rings. The maximum atomic E-state index is 11.8.